The monoisotopic (exact) mass is 384 g/mol. The van der Waals surface area contributed by atoms with Crippen LogP contribution in [0.15, 0.2) is 24.3 Å². The second-order valence-electron chi connectivity index (χ2n) is 7.82. The number of aryl methyl sites for hydroxylation is 1. The molecule has 2 aromatic rings. The topological polar surface area (TPSA) is 85.2 Å². The van der Waals surface area contributed by atoms with E-state index in [4.69, 9.17) is 4.74 Å². The van der Waals surface area contributed by atoms with Crippen LogP contribution in [0.4, 0.5) is 0 Å². The molecule has 2 aliphatic heterocycles. The lowest BCUT2D eigenvalue weighted by molar-refractivity contribution is -0.135. The normalized spacial score (nSPS) is 23.1. The van der Waals surface area contributed by atoms with Crippen molar-refractivity contribution in [2.24, 2.45) is 11.8 Å². The van der Waals surface area contributed by atoms with Crippen LogP contribution in [0.3, 0.4) is 0 Å². The largest absolute Gasteiger partial charge is 0.497 e. The van der Waals surface area contributed by atoms with Crippen molar-refractivity contribution >= 4 is 5.91 Å². The van der Waals surface area contributed by atoms with Crippen molar-refractivity contribution in [1.82, 2.24) is 30.4 Å². The van der Waals surface area contributed by atoms with Gasteiger partial charge in [0.25, 0.3) is 0 Å². The summed E-state index contributed by atoms with van der Waals surface area (Å²) in [7, 11) is 1.65. The fourth-order valence-electron chi connectivity index (χ4n) is 4.48. The molecule has 1 amide bonds. The smallest absolute Gasteiger partial charge is 0.247 e. The molecule has 28 heavy (non-hydrogen) atoms. The Labute approximate surface area is 165 Å². The molecule has 2 aliphatic rings. The third-order valence-corrected chi connectivity index (χ3v) is 6.13. The number of rotatable bonds is 5. The van der Waals surface area contributed by atoms with Crippen LogP contribution in [-0.4, -0.2) is 64.3 Å². The molecule has 2 saturated heterocycles. The minimum atomic E-state index is -0.446. The predicted molar refractivity (Wildman–Crippen MR) is 104 cm³/mol. The number of ether oxygens (including phenoxy) is 1. The number of aromatic nitrogens is 4. The fourth-order valence-corrected chi connectivity index (χ4v) is 4.48. The zero-order chi connectivity index (χ0) is 19.5. The predicted octanol–water partition coefficient (Wildman–Crippen LogP) is 1.23. The van der Waals surface area contributed by atoms with Crippen molar-refractivity contribution in [2.75, 3.05) is 33.3 Å². The average Bonchev–Trinajstić information content (AvgIpc) is 3.30. The highest BCUT2D eigenvalue weighted by Crippen LogP contribution is 2.29. The number of methoxy groups -OCH3 is 1. The summed E-state index contributed by atoms with van der Waals surface area (Å²) in [5.41, 5.74) is 1.03. The van der Waals surface area contributed by atoms with Crippen LogP contribution in [-0.2, 0) is 11.2 Å². The zero-order valence-corrected chi connectivity index (χ0v) is 16.5. The van der Waals surface area contributed by atoms with Crippen LogP contribution >= 0.6 is 0 Å². The summed E-state index contributed by atoms with van der Waals surface area (Å²) in [6.45, 7) is 5.59. The molecule has 1 unspecified atom stereocenters. The van der Waals surface area contributed by atoms with E-state index in [-0.39, 0.29) is 5.91 Å². The molecule has 2 fully saturated rings. The van der Waals surface area contributed by atoms with Crippen molar-refractivity contribution in [1.29, 1.82) is 0 Å². The standard InChI is InChI=1S/C20H28N6O2/c1-14-22-23-24-26(14)19(11-15-4-3-5-18(10-15)28-2)20(27)25-8-6-16-12-21-13-17(16)7-9-25/h3-5,10,16-17,19,21H,6-9,11-13H2,1-2H3/t16-,17+,19?. The molecule has 1 aromatic carbocycles. The van der Waals surface area contributed by atoms with Gasteiger partial charge in [0.1, 0.15) is 17.6 Å². The van der Waals surface area contributed by atoms with Gasteiger partial charge in [0, 0.05) is 19.5 Å². The number of benzene rings is 1. The minimum absolute atomic E-state index is 0.103. The molecule has 3 heterocycles. The van der Waals surface area contributed by atoms with Crippen LogP contribution in [0, 0.1) is 18.8 Å². The molecule has 8 nitrogen and oxygen atoms in total. The van der Waals surface area contributed by atoms with Gasteiger partial charge >= 0.3 is 0 Å². The summed E-state index contributed by atoms with van der Waals surface area (Å²) in [5.74, 6) is 2.91. The Kier molecular flexibility index (Phi) is 5.57. The molecule has 150 valence electrons. The maximum Gasteiger partial charge on any atom is 0.247 e. The van der Waals surface area contributed by atoms with Crippen LogP contribution in [0.1, 0.15) is 30.3 Å². The van der Waals surface area contributed by atoms with Crippen LogP contribution in [0.2, 0.25) is 0 Å². The Morgan fingerprint density at radius 3 is 2.68 bits per heavy atom. The van der Waals surface area contributed by atoms with Crippen molar-refractivity contribution in [3.8, 4) is 5.75 Å². The first-order chi connectivity index (χ1) is 13.7. The lowest BCUT2D eigenvalue weighted by atomic mass is 9.92. The molecular formula is C20H28N6O2. The molecule has 0 radical (unpaired) electrons. The van der Waals surface area contributed by atoms with Gasteiger partial charge < -0.3 is 15.0 Å². The number of nitrogens with zero attached hydrogens (tertiary/aromatic N) is 5. The van der Waals surface area contributed by atoms with E-state index >= 15 is 0 Å². The number of carbonyl (C=O) groups excluding carboxylic acids is 1. The van der Waals surface area contributed by atoms with Gasteiger partial charge in [0.2, 0.25) is 5.91 Å². The van der Waals surface area contributed by atoms with E-state index in [1.165, 1.54) is 0 Å². The molecule has 1 N–H and O–H groups in total. The number of fused-ring (bicyclic) bond motifs is 1. The number of hydrogen-bond acceptors (Lipinski definition) is 6. The Hall–Kier alpha value is -2.48. The molecule has 0 aliphatic carbocycles. The van der Waals surface area contributed by atoms with E-state index in [1.54, 1.807) is 11.8 Å². The van der Waals surface area contributed by atoms with Gasteiger partial charge in [0.15, 0.2) is 0 Å². The number of likely N-dealkylation sites (tertiary alicyclic amines) is 1. The van der Waals surface area contributed by atoms with Gasteiger partial charge in [-0.1, -0.05) is 12.1 Å². The highest BCUT2D eigenvalue weighted by Gasteiger charge is 2.34. The van der Waals surface area contributed by atoms with Crippen molar-refractivity contribution in [2.45, 2.75) is 32.2 Å². The van der Waals surface area contributed by atoms with Gasteiger partial charge in [-0.05, 0) is 72.8 Å². The molecule has 0 spiro atoms. The third kappa shape index (κ3) is 3.87. The highest BCUT2D eigenvalue weighted by atomic mass is 16.5. The van der Waals surface area contributed by atoms with Crippen LogP contribution < -0.4 is 10.1 Å². The highest BCUT2D eigenvalue weighted by molar-refractivity contribution is 5.80. The maximum atomic E-state index is 13.5. The van der Waals surface area contributed by atoms with E-state index in [9.17, 15) is 4.79 Å². The first-order valence-electron chi connectivity index (χ1n) is 10.0. The lowest BCUT2D eigenvalue weighted by Gasteiger charge is -2.27. The number of tetrazole rings is 1. The van der Waals surface area contributed by atoms with E-state index < -0.39 is 6.04 Å². The number of hydrogen-bond donors (Lipinski definition) is 1. The summed E-state index contributed by atoms with van der Waals surface area (Å²) >= 11 is 0. The SMILES string of the molecule is COc1cccc(CC(C(=O)N2CC[C@@H]3CNC[C@@H]3CC2)n2nnnc2C)c1. The summed E-state index contributed by atoms with van der Waals surface area (Å²) in [6, 6.07) is 7.39. The maximum absolute atomic E-state index is 13.5. The Balaban J connectivity index is 1.56. The third-order valence-electron chi connectivity index (χ3n) is 6.13. The molecule has 3 atom stereocenters. The van der Waals surface area contributed by atoms with Crippen LogP contribution in [0.5, 0.6) is 5.75 Å². The summed E-state index contributed by atoms with van der Waals surface area (Å²) < 4.78 is 7.00. The van der Waals surface area contributed by atoms with Gasteiger partial charge in [-0.3, -0.25) is 4.79 Å². The number of amides is 1. The molecule has 8 heteroatoms. The first kappa shape index (κ1) is 18.9. The van der Waals surface area contributed by atoms with Gasteiger partial charge in [0.05, 0.1) is 7.11 Å². The van der Waals surface area contributed by atoms with E-state index in [1.807, 2.05) is 36.1 Å². The fraction of sp³-hybridized carbons (Fsp3) is 0.600. The molecule has 1 aromatic heterocycles. The summed E-state index contributed by atoms with van der Waals surface area (Å²) in [6.07, 6.45) is 2.65. The molecular weight excluding hydrogens is 356 g/mol. The first-order valence-corrected chi connectivity index (χ1v) is 10.0. The summed E-state index contributed by atoms with van der Waals surface area (Å²) in [4.78, 5) is 15.6. The second-order valence-corrected chi connectivity index (χ2v) is 7.82. The van der Waals surface area contributed by atoms with Crippen molar-refractivity contribution in [3.63, 3.8) is 0 Å². The van der Waals surface area contributed by atoms with Crippen molar-refractivity contribution in [3.05, 3.63) is 35.7 Å². The Bertz CT molecular complexity index is 809. The molecule has 0 saturated carbocycles. The van der Waals surface area contributed by atoms with E-state index in [0.717, 1.165) is 50.3 Å². The van der Waals surface area contributed by atoms with E-state index in [0.29, 0.717) is 24.1 Å². The number of nitrogens with one attached hydrogen (secondary N) is 1. The van der Waals surface area contributed by atoms with Crippen LogP contribution in [0.25, 0.3) is 0 Å². The van der Waals surface area contributed by atoms with E-state index in [2.05, 4.69) is 20.8 Å². The summed E-state index contributed by atoms with van der Waals surface area (Å²) in [5, 5.41) is 15.4. The number of carbonyl (C=O) groups is 1. The minimum Gasteiger partial charge on any atom is -0.497 e. The zero-order valence-electron chi connectivity index (χ0n) is 16.5. The second kappa shape index (κ2) is 8.26. The van der Waals surface area contributed by atoms with Gasteiger partial charge in [-0.15, -0.1) is 5.10 Å². The molecule has 0 bridgehead atoms. The lowest BCUT2D eigenvalue weighted by Crippen LogP contribution is -2.40. The quantitative estimate of drug-likeness (QED) is 0.835. The average molecular weight is 384 g/mol. The Morgan fingerprint density at radius 2 is 2.04 bits per heavy atom. The van der Waals surface area contributed by atoms with Gasteiger partial charge in [-0.25, -0.2) is 4.68 Å². The molecule has 4 rings (SSSR count). The Morgan fingerprint density at radius 1 is 1.29 bits per heavy atom. The van der Waals surface area contributed by atoms with Gasteiger partial charge in [-0.2, -0.15) is 0 Å². The van der Waals surface area contributed by atoms with Crippen molar-refractivity contribution < 1.29 is 9.53 Å².